The van der Waals surface area contributed by atoms with Crippen molar-refractivity contribution >= 4 is 17.8 Å². The van der Waals surface area contributed by atoms with Crippen LogP contribution < -0.4 is 14.4 Å². The number of hydrogen-bond acceptors (Lipinski definition) is 6. The van der Waals surface area contributed by atoms with Crippen molar-refractivity contribution in [3.63, 3.8) is 0 Å². The summed E-state index contributed by atoms with van der Waals surface area (Å²) in [4.78, 5) is 25.6. The number of amides is 1. The second-order valence-electron chi connectivity index (χ2n) is 7.38. The van der Waals surface area contributed by atoms with Crippen LogP contribution in [0.4, 0.5) is 5.82 Å². The zero-order valence-electron chi connectivity index (χ0n) is 18.3. The van der Waals surface area contributed by atoms with Crippen LogP contribution in [0.15, 0.2) is 67.0 Å². The first-order chi connectivity index (χ1) is 15.7. The van der Waals surface area contributed by atoms with Gasteiger partial charge in [0.1, 0.15) is 23.6 Å². The van der Waals surface area contributed by atoms with Gasteiger partial charge in [0, 0.05) is 55.5 Å². The van der Waals surface area contributed by atoms with Gasteiger partial charge < -0.3 is 19.3 Å². The van der Waals surface area contributed by atoms with Crippen LogP contribution in [-0.4, -0.2) is 61.2 Å². The molecule has 1 amide bonds. The Morgan fingerprint density at radius 2 is 1.72 bits per heavy atom. The van der Waals surface area contributed by atoms with E-state index in [1.165, 1.54) is 0 Å². The van der Waals surface area contributed by atoms with Crippen LogP contribution in [0.5, 0.6) is 11.5 Å². The second kappa shape index (κ2) is 9.96. The van der Waals surface area contributed by atoms with Gasteiger partial charge in [0.2, 0.25) is 5.91 Å². The van der Waals surface area contributed by atoms with E-state index >= 15 is 0 Å². The van der Waals surface area contributed by atoms with Gasteiger partial charge in [-0.05, 0) is 18.2 Å². The Balaban J connectivity index is 1.38. The van der Waals surface area contributed by atoms with Gasteiger partial charge in [-0.1, -0.05) is 30.3 Å². The number of rotatable bonds is 6. The number of aromatic nitrogens is 2. The van der Waals surface area contributed by atoms with Gasteiger partial charge >= 0.3 is 0 Å². The van der Waals surface area contributed by atoms with E-state index in [9.17, 15) is 4.79 Å². The fourth-order valence-electron chi connectivity index (χ4n) is 3.67. The van der Waals surface area contributed by atoms with Crippen LogP contribution in [-0.2, 0) is 4.79 Å². The van der Waals surface area contributed by atoms with Gasteiger partial charge in [0.15, 0.2) is 0 Å². The molecule has 0 unspecified atom stereocenters. The van der Waals surface area contributed by atoms with Crippen LogP contribution in [0.2, 0.25) is 0 Å². The molecule has 32 heavy (non-hydrogen) atoms. The highest BCUT2D eigenvalue weighted by atomic mass is 16.5. The summed E-state index contributed by atoms with van der Waals surface area (Å²) in [5.74, 6) is 2.23. The van der Waals surface area contributed by atoms with Gasteiger partial charge in [-0.3, -0.25) is 4.79 Å². The molecule has 0 atom stereocenters. The molecule has 1 saturated heterocycles. The van der Waals surface area contributed by atoms with E-state index in [0.29, 0.717) is 24.6 Å². The average molecular weight is 431 g/mol. The summed E-state index contributed by atoms with van der Waals surface area (Å²) in [6, 6.07) is 17.6. The lowest BCUT2D eigenvalue weighted by molar-refractivity contribution is -0.126. The molecular formula is C25H26N4O3. The minimum Gasteiger partial charge on any atom is -0.497 e. The van der Waals surface area contributed by atoms with Crippen molar-refractivity contribution in [3.05, 3.63) is 72.6 Å². The molecule has 0 N–H and O–H groups in total. The quantitative estimate of drug-likeness (QED) is 0.558. The molecule has 1 aliphatic rings. The topological polar surface area (TPSA) is 67.8 Å². The highest BCUT2D eigenvalue weighted by molar-refractivity contribution is 5.92. The zero-order valence-corrected chi connectivity index (χ0v) is 18.3. The first kappa shape index (κ1) is 21.4. The number of piperazine rings is 1. The summed E-state index contributed by atoms with van der Waals surface area (Å²) in [6.45, 7) is 2.70. The molecule has 1 aliphatic heterocycles. The number of hydrogen-bond donors (Lipinski definition) is 0. The number of nitrogens with zero attached hydrogens (tertiary/aromatic N) is 4. The van der Waals surface area contributed by atoms with Crippen LogP contribution in [0.1, 0.15) is 5.56 Å². The fraction of sp³-hybridized carbons (Fsp3) is 0.240. The van der Waals surface area contributed by atoms with E-state index in [4.69, 9.17) is 9.47 Å². The van der Waals surface area contributed by atoms with Crippen molar-refractivity contribution in [3.8, 4) is 22.8 Å². The Bertz CT molecular complexity index is 1090. The SMILES string of the molecule is COc1ccc(/C=C/C(=O)N2CCN(c3cc(-c4ccccc4)ncn3)CC2)c(OC)c1. The molecule has 1 fully saturated rings. The van der Waals surface area contributed by atoms with Gasteiger partial charge in [0.25, 0.3) is 0 Å². The van der Waals surface area contributed by atoms with Crippen molar-refractivity contribution in [2.24, 2.45) is 0 Å². The molecule has 0 saturated carbocycles. The first-order valence-corrected chi connectivity index (χ1v) is 10.5. The second-order valence-corrected chi connectivity index (χ2v) is 7.38. The number of ether oxygens (including phenoxy) is 2. The van der Waals surface area contributed by atoms with Crippen molar-refractivity contribution in [1.82, 2.24) is 14.9 Å². The van der Waals surface area contributed by atoms with E-state index < -0.39 is 0 Å². The number of carbonyl (C=O) groups excluding carboxylic acids is 1. The average Bonchev–Trinajstić information content (AvgIpc) is 2.87. The van der Waals surface area contributed by atoms with Gasteiger partial charge in [0.05, 0.1) is 19.9 Å². The third-order valence-corrected chi connectivity index (χ3v) is 5.48. The van der Waals surface area contributed by atoms with Crippen LogP contribution >= 0.6 is 0 Å². The largest absolute Gasteiger partial charge is 0.497 e. The van der Waals surface area contributed by atoms with Crippen molar-refractivity contribution in [2.45, 2.75) is 0 Å². The predicted molar refractivity (Wildman–Crippen MR) is 125 cm³/mol. The summed E-state index contributed by atoms with van der Waals surface area (Å²) in [5, 5.41) is 0. The summed E-state index contributed by atoms with van der Waals surface area (Å²) in [7, 11) is 3.21. The molecule has 3 aromatic rings. The molecule has 1 aromatic heterocycles. The Kier molecular flexibility index (Phi) is 6.65. The number of benzene rings is 2. The van der Waals surface area contributed by atoms with Crippen LogP contribution in [0.25, 0.3) is 17.3 Å². The number of methoxy groups -OCH3 is 2. The van der Waals surface area contributed by atoms with E-state index in [-0.39, 0.29) is 5.91 Å². The van der Waals surface area contributed by atoms with Gasteiger partial charge in [-0.2, -0.15) is 0 Å². The minimum atomic E-state index is -0.0183. The summed E-state index contributed by atoms with van der Waals surface area (Å²) >= 11 is 0. The van der Waals surface area contributed by atoms with Crippen molar-refractivity contribution < 1.29 is 14.3 Å². The predicted octanol–water partition coefficient (Wildman–Crippen LogP) is 3.52. The monoisotopic (exact) mass is 430 g/mol. The Hall–Kier alpha value is -3.87. The molecule has 0 bridgehead atoms. The molecule has 0 radical (unpaired) electrons. The Morgan fingerprint density at radius 3 is 2.44 bits per heavy atom. The molecule has 164 valence electrons. The molecule has 4 rings (SSSR count). The summed E-state index contributed by atoms with van der Waals surface area (Å²) < 4.78 is 10.6. The molecule has 7 heteroatoms. The lowest BCUT2D eigenvalue weighted by Gasteiger charge is -2.35. The Labute approximate surface area is 187 Å². The smallest absolute Gasteiger partial charge is 0.246 e. The fourth-order valence-corrected chi connectivity index (χ4v) is 3.67. The molecule has 2 heterocycles. The highest BCUT2D eigenvalue weighted by Gasteiger charge is 2.21. The van der Waals surface area contributed by atoms with E-state index in [2.05, 4.69) is 14.9 Å². The van der Waals surface area contributed by atoms with E-state index in [1.54, 1.807) is 38.8 Å². The first-order valence-electron chi connectivity index (χ1n) is 10.5. The van der Waals surface area contributed by atoms with E-state index in [1.807, 2.05) is 53.4 Å². The normalized spacial score (nSPS) is 13.9. The number of anilines is 1. The highest BCUT2D eigenvalue weighted by Crippen LogP contribution is 2.26. The molecular weight excluding hydrogens is 404 g/mol. The van der Waals surface area contributed by atoms with Crippen molar-refractivity contribution in [1.29, 1.82) is 0 Å². The maximum Gasteiger partial charge on any atom is 0.246 e. The lowest BCUT2D eigenvalue weighted by atomic mass is 10.1. The minimum absolute atomic E-state index is 0.0183. The summed E-state index contributed by atoms with van der Waals surface area (Å²) in [6.07, 6.45) is 4.97. The van der Waals surface area contributed by atoms with Gasteiger partial charge in [-0.15, -0.1) is 0 Å². The standard InChI is InChI=1S/C25H26N4O3/c1-31-21-10-8-20(23(16-21)32-2)9-11-25(30)29-14-12-28(13-15-29)24-17-22(26-18-27-24)19-6-4-3-5-7-19/h3-11,16-18H,12-15H2,1-2H3/b11-9+. The Morgan fingerprint density at radius 1 is 0.938 bits per heavy atom. The zero-order chi connectivity index (χ0) is 22.3. The molecule has 7 nitrogen and oxygen atoms in total. The molecule has 0 aliphatic carbocycles. The molecule has 0 spiro atoms. The van der Waals surface area contributed by atoms with Crippen LogP contribution in [0, 0.1) is 0 Å². The van der Waals surface area contributed by atoms with E-state index in [0.717, 1.165) is 35.7 Å². The van der Waals surface area contributed by atoms with Crippen LogP contribution in [0.3, 0.4) is 0 Å². The van der Waals surface area contributed by atoms with Crippen molar-refractivity contribution in [2.75, 3.05) is 45.3 Å². The maximum atomic E-state index is 12.7. The summed E-state index contributed by atoms with van der Waals surface area (Å²) in [5.41, 5.74) is 2.78. The third-order valence-electron chi connectivity index (χ3n) is 5.48. The third kappa shape index (κ3) is 4.88. The number of carbonyl (C=O) groups is 1. The maximum absolute atomic E-state index is 12.7. The molecule has 2 aromatic carbocycles. The lowest BCUT2D eigenvalue weighted by Crippen LogP contribution is -2.48. The van der Waals surface area contributed by atoms with Gasteiger partial charge in [-0.25, -0.2) is 9.97 Å².